The summed E-state index contributed by atoms with van der Waals surface area (Å²) in [7, 11) is 0. The standard InChI is InChI=1S/C20H24N2O2/c1-16(2)21(17(3)23)15-20(24)22(19-12-8-5-9-13-19)14-18-10-6-4-7-11-18/h4-13,16H,14-15H2,1-3H3. The second-order valence-corrected chi connectivity index (χ2v) is 6.04. The normalized spacial score (nSPS) is 10.5. The number of para-hydroxylation sites is 1. The lowest BCUT2D eigenvalue weighted by molar-refractivity contribution is -0.135. The van der Waals surface area contributed by atoms with Gasteiger partial charge in [-0.3, -0.25) is 9.59 Å². The Bertz CT molecular complexity index is 669. The third-order valence-electron chi connectivity index (χ3n) is 3.89. The molecule has 0 heterocycles. The highest BCUT2D eigenvalue weighted by atomic mass is 16.2. The summed E-state index contributed by atoms with van der Waals surface area (Å²) in [6.45, 7) is 5.89. The molecule has 0 aromatic heterocycles. The van der Waals surface area contributed by atoms with Gasteiger partial charge in [-0.15, -0.1) is 0 Å². The second kappa shape index (κ2) is 8.29. The maximum atomic E-state index is 12.9. The van der Waals surface area contributed by atoms with Crippen molar-refractivity contribution >= 4 is 17.5 Å². The van der Waals surface area contributed by atoms with Gasteiger partial charge in [-0.05, 0) is 31.5 Å². The first-order valence-corrected chi connectivity index (χ1v) is 8.15. The van der Waals surface area contributed by atoms with Crippen molar-refractivity contribution in [1.82, 2.24) is 4.90 Å². The summed E-state index contributed by atoms with van der Waals surface area (Å²) in [5.41, 5.74) is 1.88. The Morgan fingerprint density at radius 2 is 1.46 bits per heavy atom. The summed E-state index contributed by atoms with van der Waals surface area (Å²) < 4.78 is 0. The summed E-state index contributed by atoms with van der Waals surface area (Å²) in [6.07, 6.45) is 0. The molecule has 0 saturated heterocycles. The fraction of sp³-hybridized carbons (Fsp3) is 0.300. The maximum Gasteiger partial charge on any atom is 0.246 e. The van der Waals surface area contributed by atoms with E-state index in [9.17, 15) is 9.59 Å². The molecular weight excluding hydrogens is 300 g/mol. The molecule has 0 radical (unpaired) electrons. The van der Waals surface area contributed by atoms with E-state index in [0.717, 1.165) is 11.3 Å². The molecule has 4 heteroatoms. The lowest BCUT2D eigenvalue weighted by Gasteiger charge is -2.29. The van der Waals surface area contributed by atoms with E-state index in [2.05, 4.69) is 0 Å². The van der Waals surface area contributed by atoms with Gasteiger partial charge in [0, 0.05) is 18.7 Å². The highest BCUT2D eigenvalue weighted by Gasteiger charge is 2.22. The Kier molecular flexibility index (Phi) is 6.13. The fourth-order valence-corrected chi connectivity index (χ4v) is 2.59. The third-order valence-corrected chi connectivity index (χ3v) is 3.89. The molecule has 0 aliphatic rings. The zero-order valence-electron chi connectivity index (χ0n) is 14.5. The van der Waals surface area contributed by atoms with E-state index >= 15 is 0 Å². The van der Waals surface area contributed by atoms with Crippen molar-refractivity contribution in [2.75, 3.05) is 11.4 Å². The summed E-state index contributed by atoms with van der Waals surface area (Å²) in [4.78, 5) is 28.0. The monoisotopic (exact) mass is 324 g/mol. The molecule has 24 heavy (non-hydrogen) atoms. The lowest BCUT2D eigenvalue weighted by atomic mass is 10.2. The first-order valence-electron chi connectivity index (χ1n) is 8.15. The van der Waals surface area contributed by atoms with Crippen LogP contribution in [0.4, 0.5) is 5.69 Å². The van der Waals surface area contributed by atoms with Gasteiger partial charge in [0.05, 0.1) is 6.54 Å². The fourth-order valence-electron chi connectivity index (χ4n) is 2.59. The van der Waals surface area contributed by atoms with Gasteiger partial charge in [0.15, 0.2) is 0 Å². The Morgan fingerprint density at radius 3 is 1.96 bits per heavy atom. The van der Waals surface area contributed by atoms with Crippen molar-refractivity contribution < 1.29 is 9.59 Å². The van der Waals surface area contributed by atoms with Crippen LogP contribution in [0.2, 0.25) is 0 Å². The number of carbonyl (C=O) groups excluding carboxylic acids is 2. The van der Waals surface area contributed by atoms with Crippen LogP contribution in [0.5, 0.6) is 0 Å². The SMILES string of the molecule is CC(=O)N(CC(=O)N(Cc1ccccc1)c1ccccc1)C(C)C. The van der Waals surface area contributed by atoms with Gasteiger partial charge in [0.1, 0.15) is 6.54 Å². The molecule has 0 saturated carbocycles. The van der Waals surface area contributed by atoms with Crippen LogP contribution in [-0.2, 0) is 16.1 Å². The lowest BCUT2D eigenvalue weighted by Crippen LogP contribution is -2.45. The van der Waals surface area contributed by atoms with Crippen LogP contribution >= 0.6 is 0 Å². The van der Waals surface area contributed by atoms with Gasteiger partial charge in [-0.1, -0.05) is 48.5 Å². The summed E-state index contributed by atoms with van der Waals surface area (Å²) in [5, 5.41) is 0. The van der Waals surface area contributed by atoms with Crippen LogP contribution in [0.1, 0.15) is 26.3 Å². The summed E-state index contributed by atoms with van der Waals surface area (Å²) in [6, 6.07) is 19.4. The van der Waals surface area contributed by atoms with E-state index in [1.807, 2.05) is 74.5 Å². The van der Waals surface area contributed by atoms with Crippen molar-refractivity contribution in [1.29, 1.82) is 0 Å². The van der Waals surface area contributed by atoms with Gasteiger partial charge < -0.3 is 9.80 Å². The Labute approximate surface area is 143 Å². The van der Waals surface area contributed by atoms with Crippen LogP contribution in [0.3, 0.4) is 0 Å². The van der Waals surface area contributed by atoms with E-state index in [1.54, 1.807) is 9.80 Å². The first-order chi connectivity index (χ1) is 11.5. The molecule has 2 rings (SSSR count). The second-order valence-electron chi connectivity index (χ2n) is 6.04. The number of amides is 2. The average molecular weight is 324 g/mol. The van der Waals surface area contributed by atoms with Crippen LogP contribution in [0.15, 0.2) is 60.7 Å². The quantitative estimate of drug-likeness (QED) is 0.816. The number of carbonyl (C=O) groups is 2. The zero-order chi connectivity index (χ0) is 17.5. The van der Waals surface area contributed by atoms with E-state index in [4.69, 9.17) is 0 Å². The Balaban J connectivity index is 2.25. The number of hydrogen-bond acceptors (Lipinski definition) is 2. The summed E-state index contributed by atoms with van der Waals surface area (Å²) in [5.74, 6) is -0.181. The van der Waals surface area contributed by atoms with Crippen molar-refractivity contribution in [3.63, 3.8) is 0 Å². The van der Waals surface area contributed by atoms with Gasteiger partial charge >= 0.3 is 0 Å². The van der Waals surface area contributed by atoms with Crippen molar-refractivity contribution in [2.45, 2.75) is 33.4 Å². The minimum absolute atomic E-state index is 0.0131. The van der Waals surface area contributed by atoms with E-state index in [1.165, 1.54) is 6.92 Å². The molecule has 0 spiro atoms. The minimum Gasteiger partial charge on any atom is -0.331 e. The molecule has 0 fully saturated rings. The molecule has 0 aliphatic carbocycles. The maximum absolute atomic E-state index is 12.9. The van der Waals surface area contributed by atoms with E-state index in [0.29, 0.717) is 6.54 Å². The van der Waals surface area contributed by atoms with Crippen LogP contribution in [-0.4, -0.2) is 29.3 Å². The number of hydrogen-bond donors (Lipinski definition) is 0. The van der Waals surface area contributed by atoms with Crippen LogP contribution in [0, 0.1) is 0 Å². The Hall–Kier alpha value is -2.62. The topological polar surface area (TPSA) is 40.6 Å². The number of rotatable bonds is 6. The highest BCUT2D eigenvalue weighted by molar-refractivity contribution is 5.96. The molecule has 0 atom stereocenters. The van der Waals surface area contributed by atoms with E-state index < -0.39 is 0 Å². The first kappa shape index (κ1) is 17.7. The van der Waals surface area contributed by atoms with Gasteiger partial charge in [-0.25, -0.2) is 0 Å². The van der Waals surface area contributed by atoms with Crippen molar-refractivity contribution in [3.05, 3.63) is 66.2 Å². The van der Waals surface area contributed by atoms with Crippen LogP contribution in [0.25, 0.3) is 0 Å². The van der Waals surface area contributed by atoms with Gasteiger partial charge in [0.25, 0.3) is 0 Å². The molecular formula is C20H24N2O2. The summed E-state index contributed by atoms with van der Waals surface area (Å²) >= 11 is 0. The molecule has 2 aromatic rings. The van der Waals surface area contributed by atoms with Gasteiger partial charge in [0.2, 0.25) is 11.8 Å². The molecule has 4 nitrogen and oxygen atoms in total. The molecule has 0 bridgehead atoms. The molecule has 126 valence electrons. The number of benzene rings is 2. The number of nitrogens with zero attached hydrogens (tertiary/aromatic N) is 2. The molecule has 2 aromatic carbocycles. The molecule has 0 aliphatic heterocycles. The van der Waals surface area contributed by atoms with Gasteiger partial charge in [-0.2, -0.15) is 0 Å². The zero-order valence-corrected chi connectivity index (χ0v) is 14.5. The van der Waals surface area contributed by atoms with Crippen molar-refractivity contribution in [3.8, 4) is 0 Å². The molecule has 0 N–H and O–H groups in total. The van der Waals surface area contributed by atoms with Crippen molar-refractivity contribution in [2.24, 2.45) is 0 Å². The molecule has 2 amide bonds. The predicted molar refractivity (Wildman–Crippen MR) is 96.6 cm³/mol. The Morgan fingerprint density at radius 1 is 0.917 bits per heavy atom. The highest BCUT2D eigenvalue weighted by Crippen LogP contribution is 2.18. The minimum atomic E-state index is -0.0916. The third kappa shape index (κ3) is 4.69. The predicted octanol–water partition coefficient (Wildman–Crippen LogP) is 3.48. The smallest absolute Gasteiger partial charge is 0.246 e. The largest absolute Gasteiger partial charge is 0.331 e. The molecule has 0 unspecified atom stereocenters. The van der Waals surface area contributed by atoms with E-state index in [-0.39, 0.29) is 24.4 Å². The van der Waals surface area contributed by atoms with Crippen LogP contribution < -0.4 is 4.90 Å². The average Bonchev–Trinajstić information content (AvgIpc) is 2.58. The number of anilines is 1.